The van der Waals surface area contributed by atoms with Gasteiger partial charge < -0.3 is 15.2 Å². The van der Waals surface area contributed by atoms with Crippen molar-refractivity contribution >= 4 is 15.8 Å². The molecule has 1 aromatic heterocycles. The predicted molar refractivity (Wildman–Crippen MR) is 48.9 cm³/mol. The molecule has 1 heterocycles. The Bertz CT molecular complexity index is 573. The number of alkyl halides is 2. The van der Waals surface area contributed by atoms with Gasteiger partial charge in [-0.2, -0.15) is 0 Å². The number of sulfonamides is 1. The fraction of sp³-hybridized carbons (Fsp3) is 0.167. The first-order valence-electron chi connectivity index (χ1n) is 3.84. The summed E-state index contributed by atoms with van der Waals surface area (Å²) >= 11 is 0. The van der Waals surface area contributed by atoms with Crippen molar-refractivity contribution in [1.29, 1.82) is 0 Å². The molecule has 3 N–H and O–H groups in total. The number of aromatic hydroxyl groups is 1. The Labute approximate surface area is 92.9 Å². The van der Waals surface area contributed by atoms with E-state index in [2.05, 4.69) is 10.1 Å². The van der Waals surface area contributed by atoms with E-state index in [1.54, 1.807) is 0 Å². The molecular weight excluding hydrogens is 264 g/mol. The SMILES string of the molecule is NS(=O)(=O)c1cc([N+](=O)[O-])nc(C(F)F)c1O. The first kappa shape index (κ1) is 13.2. The minimum absolute atomic E-state index is 0.302. The Hall–Kier alpha value is -1.88. The molecule has 0 unspecified atom stereocenters. The second-order valence-electron chi connectivity index (χ2n) is 2.82. The highest BCUT2D eigenvalue weighted by Crippen LogP contribution is 2.33. The average molecular weight is 269 g/mol. The molecule has 0 amide bonds. The van der Waals surface area contributed by atoms with Crippen molar-refractivity contribution in [2.75, 3.05) is 0 Å². The molecule has 0 atom stereocenters. The van der Waals surface area contributed by atoms with Gasteiger partial charge in [-0.15, -0.1) is 0 Å². The Morgan fingerprint density at radius 1 is 1.53 bits per heavy atom. The molecule has 0 fully saturated rings. The van der Waals surface area contributed by atoms with Gasteiger partial charge in [0, 0.05) is 0 Å². The number of nitrogens with zero attached hydrogens (tertiary/aromatic N) is 2. The third kappa shape index (κ3) is 2.62. The van der Waals surface area contributed by atoms with Gasteiger partial charge >= 0.3 is 12.2 Å². The number of rotatable bonds is 3. The van der Waals surface area contributed by atoms with Crippen molar-refractivity contribution in [3.63, 3.8) is 0 Å². The van der Waals surface area contributed by atoms with Gasteiger partial charge in [0.15, 0.2) is 5.75 Å². The average Bonchev–Trinajstić information content (AvgIpc) is 2.15. The number of primary sulfonamides is 1. The zero-order valence-corrected chi connectivity index (χ0v) is 8.69. The highest BCUT2D eigenvalue weighted by Gasteiger charge is 2.31. The maximum Gasteiger partial charge on any atom is 0.365 e. The number of halogens is 2. The second-order valence-corrected chi connectivity index (χ2v) is 4.35. The Morgan fingerprint density at radius 3 is 2.41 bits per heavy atom. The molecule has 17 heavy (non-hydrogen) atoms. The standard InChI is InChI=1S/C6H5F2N3O5S/c7-6(8)4-5(12)2(17(9,15)16)1-3(10-4)11(13)14/h1,6,12H,(H2,9,15,16). The molecule has 0 aliphatic rings. The van der Waals surface area contributed by atoms with Crippen LogP contribution in [0.2, 0.25) is 0 Å². The van der Waals surface area contributed by atoms with Crippen LogP contribution in [-0.2, 0) is 10.0 Å². The fourth-order valence-electron chi connectivity index (χ4n) is 0.983. The highest BCUT2D eigenvalue weighted by atomic mass is 32.2. The molecule has 1 aromatic rings. The largest absolute Gasteiger partial charge is 0.503 e. The molecule has 0 spiro atoms. The smallest absolute Gasteiger partial charge is 0.365 e. The molecule has 0 bridgehead atoms. The quantitative estimate of drug-likeness (QED) is 0.597. The predicted octanol–water partition coefficient (Wildman–Crippen LogP) is 0.280. The third-order valence-electron chi connectivity index (χ3n) is 1.67. The topological polar surface area (TPSA) is 136 Å². The minimum Gasteiger partial charge on any atom is -0.503 e. The summed E-state index contributed by atoms with van der Waals surface area (Å²) in [6, 6.07) is 0.302. The van der Waals surface area contributed by atoms with Gasteiger partial charge in [0.05, 0.1) is 6.07 Å². The van der Waals surface area contributed by atoms with E-state index in [0.29, 0.717) is 6.07 Å². The molecule has 94 valence electrons. The Kier molecular flexibility index (Phi) is 3.24. The molecule has 1 rings (SSSR count). The summed E-state index contributed by atoms with van der Waals surface area (Å²) in [4.78, 5) is 10.8. The van der Waals surface area contributed by atoms with Gasteiger partial charge in [-0.25, -0.2) is 22.3 Å². The van der Waals surface area contributed by atoms with Gasteiger partial charge in [0.25, 0.3) is 5.69 Å². The summed E-state index contributed by atoms with van der Waals surface area (Å²) in [5, 5.41) is 24.1. The lowest BCUT2D eigenvalue weighted by Crippen LogP contribution is -2.14. The summed E-state index contributed by atoms with van der Waals surface area (Å²) in [5.74, 6) is -2.55. The van der Waals surface area contributed by atoms with Gasteiger partial charge in [-0.3, -0.25) is 0 Å². The van der Waals surface area contributed by atoms with Crippen LogP contribution in [-0.4, -0.2) is 23.4 Å². The van der Waals surface area contributed by atoms with Crippen LogP contribution in [0.5, 0.6) is 5.75 Å². The van der Waals surface area contributed by atoms with E-state index >= 15 is 0 Å². The van der Waals surface area contributed by atoms with Crippen LogP contribution >= 0.6 is 0 Å². The summed E-state index contributed by atoms with van der Waals surface area (Å²) in [6.45, 7) is 0. The van der Waals surface area contributed by atoms with Crippen molar-refractivity contribution in [2.24, 2.45) is 5.14 Å². The number of pyridine rings is 1. The lowest BCUT2D eigenvalue weighted by molar-refractivity contribution is -0.390. The molecular formula is C6H5F2N3O5S. The molecule has 0 aromatic carbocycles. The summed E-state index contributed by atoms with van der Waals surface area (Å²) in [7, 11) is -4.57. The Balaban J connectivity index is 3.67. The number of aromatic nitrogens is 1. The monoisotopic (exact) mass is 269 g/mol. The van der Waals surface area contributed by atoms with Crippen molar-refractivity contribution in [3.05, 3.63) is 21.9 Å². The van der Waals surface area contributed by atoms with Crippen LogP contribution in [0.3, 0.4) is 0 Å². The maximum absolute atomic E-state index is 12.4. The van der Waals surface area contributed by atoms with E-state index < -0.39 is 43.5 Å². The summed E-state index contributed by atoms with van der Waals surface area (Å²) in [5.41, 5.74) is -1.41. The minimum atomic E-state index is -4.57. The Morgan fingerprint density at radius 2 is 2.06 bits per heavy atom. The summed E-state index contributed by atoms with van der Waals surface area (Å²) < 4.78 is 46.6. The van der Waals surface area contributed by atoms with Gasteiger partial charge in [-0.1, -0.05) is 0 Å². The van der Waals surface area contributed by atoms with Crippen LogP contribution in [0.25, 0.3) is 0 Å². The maximum atomic E-state index is 12.4. The number of nitrogens with two attached hydrogens (primary N) is 1. The van der Waals surface area contributed by atoms with Crippen LogP contribution in [0.4, 0.5) is 14.6 Å². The van der Waals surface area contributed by atoms with Crippen LogP contribution in [0, 0.1) is 10.1 Å². The van der Waals surface area contributed by atoms with Crippen LogP contribution in [0.1, 0.15) is 12.1 Å². The third-order valence-corrected chi connectivity index (χ3v) is 2.60. The van der Waals surface area contributed by atoms with E-state index in [9.17, 15) is 32.4 Å². The van der Waals surface area contributed by atoms with E-state index in [-0.39, 0.29) is 0 Å². The molecule has 0 saturated heterocycles. The van der Waals surface area contributed by atoms with Crippen LogP contribution < -0.4 is 5.14 Å². The van der Waals surface area contributed by atoms with E-state index in [4.69, 9.17) is 0 Å². The number of nitro groups is 1. The van der Waals surface area contributed by atoms with Crippen molar-refractivity contribution < 1.29 is 27.2 Å². The normalized spacial score (nSPS) is 11.8. The fourth-order valence-corrected chi connectivity index (χ4v) is 1.63. The van der Waals surface area contributed by atoms with Gasteiger partial charge in [0.2, 0.25) is 10.0 Å². The molecule has 0 saturated carbocycles. The first-order valence-corrected chi connectivity index (χ1v) is 5.38. The lowest BCUT2D eigenvalue weighted by atomic mass is 10.3. The highest BCUT2D eigenvalue weighted by molar-refractivity contribution is 7.89. The molecule has 8 nitrogen and oxygen atoms in total. The molecule has 11 heteroatoms. The van der Waals surface area contributed by atoms with E-state index in [0.717, 1.165) is 0 Å². The molecule has 0 aliphatic heterocycles. The summed E-state index contributed by atoms with van der Waals surface area (Å²) in [6.07, 6.45) is -3.38. The van der Waals surface area contributed by atoms with Crippen LogP contribution in [0.15, 0.2) is 11.0 Å². The lowest BCUT2D eigenvalue weighted by Gasteiger charge is -2.04. The van der Waals surface area contributed by atoms with E-state index in [1.165, 1.54) is 0 Å². The van der Waals surface area contributed by atoms with Gasteiger partial charge in [0.1, 0.15) is 4.90 Å². The van der Waals surface area contributed by atoms with Crippen molar-refractivity contribution in [3.8, 4) is 5.75 Å². The van der Waals surface area contributed by atoms with Crippen molar-refractivity contribution in [2.45, 2.75) is 11.3 Å². The first-order chi connectivity index (χ1) is 7.64. The van der Waals surface area contributed by atoms with Gasteiger partial charge in [-0.05, 0) is 9.91 Å². The second kappa shape index (κ2) is 4.18. The zero-order valence-electron chi connectivity index (χ0n) is 7.87. The number of hydrogen-bond donors (Lipinski definition) is 2. The molecule has 0 radical (unpaired) electrons. The van der Waals surface area contributed by atoms with Crippen molar-refractivity contribution in [1.82, 2.24) is 4.98 Å². The molecule has 0 aliphatic carbocycles. The zero-order chi connectivity index (χ0) is 13.4. The number of hydrogen-bond acceptors (Lipinski definition) is 6. The van der Waals surface area contributed by atoms with E-state index in [1.807, 2.05) is 0 Å².